The second kappa shape index (κ2) is 11.0. The minimum atomic E-state index is 0.661. The Hall–Kier alpha value is -0.900. The molecule has 108 valence electrons. The highest BCUT2D eigenvalue weighted by atomic mass is 16.5. The number of hydrogen-bond acceptors (Lipinski definition) is 3. The van der Waals surface area contributed by atoms with Crippen LogP contribution in [0.1, 0.15) is 18.4 Å². The van der Waals surface area contributed by atoms with E-state index in [1.165, 1.54) is 12.0 Å². The van der Waals surface area contributed by atoms with Crippen LogP contribution in [0.2, 0.25) is 0 Å². The van der Waals surface area contributed by atoms with Crippen LogP contribution in [0.3, 0.4) is 0 Å². The Kier molecular flexibility index (Phi) is 9.33. The lowest BCUT2D eigenvalue weighted by molar-refractivity contribution is 0.183. The van der Waals surface area contributed by atoms with Gasteiger partial charge >= 0.3 is 0 Å². The van der Waals surface area contributed by atoms with E-state index in [9.17, 15) is 0 Å². The Morgan fingerprint density at radius 3 is 2.47 bits per heavy atom. The lowest BCUT2D eigenvalue weighted by Gasteiger charge is -2.17. The summed E-state index contributed by atoms with van der Waals surface area (Å²) in [5.41, 5.74) is 1.42. The quantitative estimate of drug-likeness (QED) is 0.624. The van der Waals surface area contributed by atoms with Crippen molar-refractivity contribution in [3.63, 3.8) is 0 Å². The number of benzene rings is 1. The molecule has 1 unspecified atom stereocenters. The van der Waals surface area contributed by atoms with Crippen LogP contribution in [0, 0.1) is 5.92 Å². The van der Waals surface area contributed by atoms with E-state index in [-0.39, 0.29) is 0 Å². The molecule has 0 bridgehead atoms. The van der Waals surface area contributed by atoms with Crippen LogP contribution in [0.15, 0.2) is 30.3 Å². The van der Waals surface area contributed by atoms with Gasteiger partial charge in [0.15, 0.2) is 0 Å². The van der Waals surface area contributed by atoms with Gasteiger partial charge in [-0.25, -0.2) is 0 Å². The van der Waals surface area contributed by atoms with Crippen LogP contribution in [-0.2, 0) is 15.9 Å². The van der Waals surface area contributed by atoms with Crippen LogP contribution in [0.5, 0.6) is 0 Å². The van der Waals surface area contributed by atoms with Crippen molar-refractivity contribution in [1.29, 1.82) is 0 Å². The maximum atomic E-state index is 5.15. The predicted molar refractivity (Wildman–Crippen MR) is 79.5 cm³/mol. The van der Waals surface area contributed by atoms with Crippen molar-refractivity contribution in [2.75, 3.05) is 40.5 Å². The number of ether oxygens (including phenoxy) is 2. The van der Waals surface area contributed by atoms with E-state index in [4.69, 9.17) is 9.47 Å². The summed E-state index contributed by atoms with van der Waals surface area (Å²) >= 11 is 0. The molecule has 0 spiro atoms. The van der Waals surface area contributed by atoms with Crippen molar-refractivity contribution in [2.45, 2.75) is 19.3 Å². The van der Waals surface area contributed by atoms with Crippen LogP contribution in [-0.4, -0.2) is 40.5 Å². The van der Waals surface area contributed by atoms with Crippen molar-refractivity contribution in [3.05, 3.63) is 35.9 Å². The fraction of sp³-hybridized carbons (Fsp3) is 0.625. The first-order valence-electron chi connectivity index (χ1n) is 7.09. The summed E-state index contributed by atoms with van der Waals surface area (Å²) in [5, 5.41) is 3.47. The van der Waals surface area contributed by atoms with Gasteiger partial charge in [0.2, 0.25) is 0 Å². The number of methoxy groups -OCH3 is 2. The zero-order valence-corrected chi connectivity index (χ0v) is 12.2. The van der Waals surface area contributed by atoms with Gasteiger partial charge in [-0.3, -0.25) is 0 Å². The maximum absolute atomic E-state index is 5.15. The molecule has 1 N–H and O–H groups in total. The van der Waals surface area contributed by atoms with Crippen LogP contribution in [0.4, 0.5) is 0 Å². The molecule has 0 saturated heterocycles. The van der Waals surface area contributed by atoms with Crippen molar-refractivity contribution < 1.29 is 9.47 Å². The number of nitrogens with one attached hydrogen (secondary N) is 1. The Morgan fingerprint density at radius 1 is 1.05 bits per heavy atom. The lowest BCUT2D eigenvalue weighted by Crippen LogP contribution is -2.27. The zero-order valence-electron chi connectivity index (χ0n) is 12.2. The average Bonchev–Trinajstić information content (AvgIpc) is 2.44. The molecule has 1 aromatic carbocycles. The molecule has 19 heavy (non-hydrogen) atoms. The highest BCUT2D eigenvalue weighted by Gasteiger charge is 2.09. The van der Waals surface area contributed by atoms with Gasteiger partial charge in [0.05, 0.1) is 6.61 Å². The van der Waals surface area contributed by atoms with Crippen molar-refractivity contribution in [3.8, 4) is 0 Å². The molecular formula is C16H27NO2. The summed E-state index contributed by atoms with van der Waals surface area (Å²) in [4.78, 5) is 0. The van der Waals surface area contributed by atoms with E-state index < -0.39 is 0 Å². The first-order chi connectivity index (χ1) is 9.36. The second-order valence-corrected chi connectivity index (χ2v) is 4.89. The smallest absolute Gasteiger partial charge is 0.0587 e. The Morgan fingerprint density at radius 2 is 1.79 bits per heavy atom. The van der Waals surface area contributed by atoms with E-state index >= 15 is 0 Å². The van der Waals surface area contributed by atoms with E-state index in [0.717, 1.165) is 39.1 Å². The Balaban J connectivity index is 2.35. The third-order valence-electron chi connectivity index (χ3n) is 3.24. The van der Waals surface area contributed by atoms with Gasteiger partial charge < -0.3 is 14.8 Å². The molecule has 1 rings (SSSR count). The van der Waals surface area contributed by atoms with Gasteiger partial charge in [-0.2, -0.15) is 0 Å². The molecule has 0 saturated carbocycles. The molecule has 3 nitrogen and oxygen atoms in total. The first-order valence-corrected chi connectivity index (χ1v) is 7.09. The molecule has 0 aliphatic heterocycles. The van der Waals surface area contributed by atoms with Crippen LogP contribution >= 0.6 is 0 Å². The standard InChI is InChI=1S/C16H27NO2/c1-18-11-6-9-16(14-17-10-12-19-2)13-15-7-4-3-5-8-15/h3-5,7-8,16-17H,6,9-14H2,1-2H3. The second-order valence-electron chi connectivity index (χ2n) is 4.89. The summed E-state index contributed by atoms with van der Waals surface area (Å²) in [5.74, 6) is 0.661. The Labute approximate surface area is 117 Å². The first kappa shape index (κ1) is 16.2. The molecule has 0 aliphatic rings. The highest BCUT2D eigenvalue weighted by molar-refractivity contribution is 5.15. The Bertz CT molecular complexity index is 303. The maximum Gasteiger partial charge on any atom is 0.0587 e. The highest BCUT2D eigenvalue weighted by Crippen LogP contribution is 2.13. The summed E-state index contributed by atoms with van der Waals surface area (Å²) in [6.07, 6.45) is 3.45. The normalized spacial score (nSPS) is 12.5. The van der Waals surface area contributed by atoms with Gasteiger partial charge in [0.1, 0.15) is 0 Å². The van der Waals surface area contributed by atoms with E-state index in [1.54, 1.807) is 14.2 Å². The SMILES string of the molecule is COCCCC(CNCCOC)Cc1ccccc1. The fourth-order valence-corrected chi connectivity index (χ4v) is 2.22. The lowest BCUT2D eigenvalue weighted by atomic mass is 9.95. The summed E-state index contributed by atoms with van der Waals surface area (Å²) in [7, 11) is 3.50. The molecule has 0 radical (unpaired) electrons. The van der Waals surface area contributed by atoms with Crippen LogP contribution < -0.4 is 5.32 Å². The fourth-order valence-electron chi connectivity index (χ4n) is 2.22. The molecule has 1 aromatic rings. The largest absolute Gasteiger partial charge is 0.385 e. The molecule has 0 amide bonds. The minimum Gasteiger partial charge on any atom is -0.385 e. The van der Waals surface area contributed by atoms with E-state index in [1.807, 2.05) is 0 Å². The minimum absolute atomic E-state index is 0.661. The summed E-state index contributed by atoms with van der Waals surface area (Å²) in [6, 6.07) is 10.7. The topological polar surface area (TPSA) is 30.5 Å². The number of rotatable bonds is 11. The van der Waals surface area contributed by atoms with Crippen molar-refractivity contribution in [2.24, 2.45) is 5.92 Å². The molecule has 0 heterocycles. The van der Waals surface area contributed by atoms with E-state index in [0.29, 0.717) is 5.92 Å². The van der Waals surface area contributed by atoms with Crippen molar-refractivity contribution >= 4 is 0 Å². The van der Waals surface area contributed by atoms with Gasteiger partial charge in [0, 0.05) is 27.4 Å². The predicted octanol–water partition coefficient (Wildman–Crippen LogP) is 2.51. The van der Waals surface area contributed by atoms with Gasteiger partial charge in [-0.05, 0) is 37.3 Å². The summed E-state index contributed by atoms with van der Waals surface area (Å²) in [6.45, 7) is 3.59. The molecule has 0 aromatic heterocycles. The van der Waals surface area contributed by atoms with Crippen molar-refractivity contribution in [1.82, 2.24) is 5.32 Å². The van der Waals surface area contributed by atoms with Gasteiger partial charge in [-0.1, -0.05) is 30.3 Å². The average molecular weight is 265 g/mol. The molecular weight excluding hydrogens is 238 g/mol. The molecule has 1 atom stereocenters. The monoisotopic (exact) mass is 265 g/mol. The van der Waals surface area contributed by atoms with Gasteiger partial charge in [0.25, 0.3) is 0 Å². The van der Waals surface area contributed by atoms with Gasteiger partial charge in [-0.15, -0.1) is 0 Å². The number of hydrogen-bond donors (Lipinski definition) is 1. The molecule has 0 fully saturated rings. The third kappa shape index (κ3) is 7.98. The summed E-state index contributed by atoms with van der Waals surface area (Å²) < 4.78 is 10.2. The van der Waals surface area contributed by atoms with Crippen LogP contribution in [0.25, 0.3) is 0 Å². The molecule has 0 aliphatic carbocycles. The third-order valence-corrected chi connectivity index (χ3v) is 3.24. The van der Waals surface area contributed by atoms with E-state index in [2.05, 4.69) is 35.6 Å². The molecule has 3 heteroatoms. The zero-order chi connectivity index (χ0) is 13.8.